The zero-order chi connectivity index (χ0) is 41.2. The Morgan fingerprint density at radius 2 is 0.948 bits per heavy atom. The van der Waals surface area contributed by atoms with Crippen LogP contribution in [0.15, 0.2) is 58.5 Å². The van der Waals surface area contributed by atoms with Gasteiger partial charge in [-0.25, -0.2) is 0 Å². The lowest BCUT2D eigenvalue weighted by Gasteiger charge is -2.25. The van der Waals surface area contributed by atoms with Gasteiger partial charge in [0.1, 0.15) is 0 Å². The van der Waals surface area contributed by atoms with Gasteiger partial charge in [-0.1, -0.05) is 136 Å². The number of benzene rings is 4. The molecule has 2 unspecified atom stereocenters. The van der Waals surface area contributed by atoms with Gasteiger partial charge in [0.2, 0.25) is 0 Å². The molecule has 0 aliphatic heterocycles. The Kier molecular flexibility index (Phi) is 13.3. The Morgan fingerprint density at radius 1 is 0.500 bits per heavy atom. The van der Waals surface area contributed by atoms with E-state index in [9.17, 15) is 0 Å². The molecule has 0 radical (unpaired) electrons. The minimum Gasteiger partial charge on any atom is -0.398 e. The second-order valence-corrected chi connectivity index (χ2v) is 18.2. The van der Waals surface area contributed by atoms with Crippen molar-refractivity contribution in [1.29, 1.82) is 0 Å². The van der Waals surface area contributed by atoms with Crippen LogP contribution < -0.4 is 28.0 Å². The van der Waals surface area contributed by atoms with Crippen molar-refractivity contribution in [2.75, 3.05) is 5.73 Å². The van der Waals surface area contributed by atoms with E-state index in [1.165, 1.54) is 9.13 Å². The summed E-state index contributed by atoms with van der Waals surface area (Å²) in [5, 5.41) is 5.12. The first-order valence-electron chi connectivity index (χ1n) is 22.0. The highest BCUT2D eigenvalue weighted by Crippen LogP contribution is 2.46. The first-order valence-corrected chi connectivity index (χ1v) is 23.6. The molecular weight excluding hydrogens is 856 g/mol. The largest absolute Gasteiger partial charge is 0.398 e. The van der Waals surface area contributed by atoms with Crippen molar-refractivity contribution in [3.8, 4) is 0 Å². The summed E-state index contributed by atoms with van der Waals surface area (Å²) in [5.41, 5.74) is 6.93. The number of pyridine rings is 3. The topological polar surface area (TPSA) is 120 Å². The van der Waals surface area contributed by atoms with Gasteiger partial charge in [-0.05, 0) is 75.1 Å². The number of fused-ring (bicyclic) bond motifs is 4. The fourth-order valence-corrected chi connectivity index (χ4v) is 10.9. The molecule has 0 aliphatic carbocycles. The van der Waals surface area contributed by atoms with Gasteiger partial charge in [0.25, 0.3) is 22.2 Å². The van der Waals surface area contributed by atoms with Crippen molar-refractivity contribution in [3.63, 3.8) is 0 Å². The summed E-state index contributed by atoms with van der Waals surface area (Å²) in [5.74, 6) is 0. The van der Waals surface area contributed by atoms with Gasteiger partial charge in [0.05, 0.1) is 27.1 Å². The molecule has 0 bridgehead atoms. The van der Waals surface area contributed by atoms with Gasteiger partial charge < -0.3 is 10.7 Å². The van der Waals surface area contributed by atoms with Crippen molar-refractivity contribution in [3.05, 3.63) is 80.7 Å². The third-order valence-corrected chi connectivity index (χ3v) is 14.9. The van der Waals surface area contributed by atoms with Crippen LogP contribution >= 0.6 is 31.9 Å². The average Bonchev–Trinajstić information content (AvgIpc) is 3.21. The number of nitrogens with two attached hydrogens (primary N) is 1. The van der Waals surface area contributed by atoms with Gasteiger partial charge in [-0.2, -0.15) is 0 Å². The number of aromatic amines is 1. The number of anilines is 1. The molecule has 0 fully saturated rings. The van der Waals surface area contributed by atoms with Crippen molar-refractivity contribution in [2.24, 2.45) is 0 Å². The fraction of sp³-hybridized carbons (Fsp3) is 0.500. The van der Waals surface area contributed by atoms with Gasteiger partial charge >= 0.3 is 0 Å². The summed E-state index contributed by atoms with van der Waals surface area (Å²) in [6.45, 7) is 8.68. The summed E-state index contributed by atoms with van der Waals surface area (Å²) >= 11 is 7.63. The molecule has 3 N–H and O–H groups in total. The predicted octanol–water partition coefficient (Wildman–Crippen LogP) is 13.1. The second-order valence-electron chi connectivity index (χ2n) is 16.6. The lowest BCUT2D eigenvalue weighted by atomic mass is 9.89. The molecule has 58 heavy (non-hydrogen) atoms. The molecule has 0 saturated heterocycles. The van der Waals surface area contributed by atoms with Crippen LogP contribution in [-0.4, -0.2) is 14.1 Å². The quantitative estimate of drug-likeness (QED) is 0.0341. The number of hydrogen-bond acceptors (Lipinski definition) is 5. The number of aromatic nitrogens is 3. The summed E-state index contributed by atoms with van der Waals surface area (Å²) in [4.78, 5) is 65.0. The minimum absolute atomic E-state index is 0.297. The molecular formula is C48H58Br2N4O4. The lowest BCUT2D eigenvalue weighted by Crippen LogP contribution is -2.39. The number of hydrogen-bond donors (Lipinski definition) is 2. The summed E-state index contributed by atoms with van der Waals surface area (Å²) in [6, 6.07) is 9.08. The van der Waals surface area contributed by atoms with E-state index in [2.05, 4.69) is 64.5 Å². The van der Waals surface area contributed by atoms with Crippen LogP contribution in [-0.2, 0) is 0 Å². The van der Waals surface area contributed by atoms with E-state index in [1.807, 2.05) is 30.3 Å². The Morgan fingerprint density at radius 3 is 1.47 bits per heavy atom. The molecule has 0 saturated carbocycles. The average molecular weight is 915 g/mol. The van der Waals surface area contributed by atoms with Gasteiger partial charge in [-0.15, -0.1) is 0 Å². The Bertz CT molecular complexity index is 2840. The Labute approximate surface area is 356 Å². The molecule has 7 aromatic rings. The normalized spacial score (nSPS) is 13.4. The number of nitrogen functional groups attached to an aromatic ring is 1. The summed E-state index contributed by atoms with van der Waals surface area (Å²) < 4.78 is 3.90. The van der Waals surface area contributed by atoms with E-state index in [1.54, 1.807) is 0 Å². The molecule has 0 spiro atoms. The molecule has 3 aromatic heterocycles. The van der Waals surface area contributed by atoms with Crippen LogP contribution in [0.3, 0.4) is 0 Å². The number of H-pyrrole nitrogens is 1. The Balaban J connectivity index is 1.70. The highest BCUT2D eigenvalue weighted by atomic mass is 79.9. The number of nitrogens with one attached hydrogen (secondary N) is 1. The van der Waals surface area contributed by atoms with E-state index in [-0.39, 0.29) is 34.3 Å². The highest BCUT2D eigenvalue weighted by molar-refractivity contribution is 9.13. The molecule has 10 heteroatoms. The number of halogens is 2. The number of nitrogens with zero attached hydrogens (tertiary/aromatic N) is 2. The predicted molar refractivity (Wildman–Crippen MR) is 253 cm³/mol. The molecule has 2 atom stereocenters. The molecule has 308 valence electrons. The first kappa shape index (κ1) is 42.4. The van der Waals surface area contributed by atoms with Crippen LogP contribution in [0.4, 0.5) is 5.69 Å². The van der Waals surface area contributed by atoms with Crippen LogP contribution in [0.2, 0.25) is 0 Å². The number of unbranched alkanes of at least 4 members (excludes halogenated alkanes) is 10. The molecule has 3 heterocycles. The summed E-state index contributed by atoms with van der Waals surface area (Å²) in [6.07, 6.45) is 17.0. The Hall–Kier alpha value is -3.76. The van der Waals surface area contributed by atoms with E-state index in [0.29, 0.717) is 77.1 Å². The molecule has 7 rings (SSSR count). The maximum absolute atomic E-state index is 15.6. The van der Waals surface area contributed by atoms with Crippen molar-refractivity contribution in [2.45, 2.75) is 155 Å². The zero-order valence-corrected chi connectivity index (χ0v) is 37.8. The second kappa shape index (κ2) is 18.2. The van der Waals surface area contributed by atoms with Crippen molar-refractivity contribution >= 4 is 102 Å². The van der Waals surface area contributed by atoms with Gasteiger partial charge in [0, 0.05) is 59.2 Å². The van der Waals surface area contributed by atoms with E-state index < -0.39 is 0 Å². The van der Waals surface area contributed by atoms with E-state index in [0.717, 1.165) is 118 Å². The van der Waals surface area contributed by atoms with Gasteiger partial charge in [-0.3, -0.25) is 28.3 Å². The molecule has 4 aromatic carbocycles. The van der Waals surface area contributed by atoms with Gasteiger partial charge in [0.15, 0.2) is 0 Å². The first-order chi connectivity index (χ1) is 28.1. The SMILES string of the molecule is CCCCCCC(CCCCC)n1c(=O)c2c(Br)c(Br)c3c(=O)n(C(CCCCC)CCCCCC)c(=O)c4c5c6ccc(N)c7cccc([nH]c5c(c1=O)c2c34)c76. The zero-order valence-electron chi connectivity index (χ0n) is 34.6. The van der Waals surface area contributed by atoms with Crippen molar-refractivity contribution in [1.82, 2.24) is 14.1 Å². The highest BCUT2D eigenvalue weighted by Gasteiger charge is 2.32. The van der Waals surface area contributed by atoms with E-state index in [4.69, 9.17) is 5.73 Å². The molecule has 8 nitrogen and oxygen atoms in total. The monoisotopic (exact) mass is 912 g/mol. The third-order valence-electron chi connectivity index (χ3n) is 12.8. The lowest BCUT2D eigenvalue weighted by molar-refractivity contribution is 0.385. The van der Waals surface area contributed by atoms with Crippen LogP contribution in [0, 0.1) is 0 Å². The van der Waals surface area contributed by atoms with Crippen LogP contribution in [0.1, 0.15) is 155 Å². The standard InChI is InChI=1S/C48H58Br2N4O4/c1-5-9-13-17-22-28(20-15-11-7-3)53-45(55)38-35-31-26-27-32(51)30-24-19-25-33(34(30)31)52-44(35)41-37-36(38)39(46(53)56)42(49)43(50)40(37)47(57)54(48(41)58)29(21-16-12-8-4)23-18-14-10-6-2/h19,24-29,52H,5-18,20-23,51H2,1-4H3. The van der Waals surface area contributed by atoms with Crippen molar-refractivity contribution < 1.29 is 0 Å². The smallest absolute Gasteiger partial charge is 0.263 e. The maximum Gasteiger partial charge on any atom is 0.263 e. The third kappa shape index (κ3) is 7.28. The number of rotatable bonds is 20. The minimum atomic E-state index is -0.388. The maximum atomic E-state index is 15.6. The molecule has 0 amide bonds. The summed E-state index contributed by atoms with van der Waals surface area (Å²) in [7, 11) is 0. The van der Waals surface area contributed by atoms with Crippen LogP contribution in [0.25, 0.3) is 64.9 Å². The van der Waals surface area contributed by atoms with Crippen LogP contribution in [0.5, 0.6) is 0 Å². The van der Waals surface area contributed by atoms with E-state index >= 15 is 19.2 Å². The fourth-order valence-electron chi connectivity index (χ4n) is 9.80. The molecule has 0 aliphatic rings.